The molecule has 0 fully saturated rings. The zero-order valence-electron chi connectivity index (χ0n) is 12.4. The minimum absolute atomic E-state index is 0.201. The van der Waals surface area contributed by atoms with Crippen molar-refractivity contribution in [2.75, 3.05) is 13.7 Å². The van der Waals surface area contributed by atoms with Crippen molar-refractivity contribution in [1.82, 2.24) is 10.6 Å². The van der Waals surface area contributed by atoms with Crippen molar-refractivity contribution in [2.24, 2.45) is 0 Å². The molecule has 0 unspecified atom stereocenters. The number of amides is 2. The first-order valence-corrected chi connectivity index (χ1v) is 7.45. The molecule has 0 aliphatic carbocycles. The number of halogens is 1. The maximum Gasteiger partial charge on any atom is 0.315 e. The number of para-hydroxylation sites is 1. The SMILES string of the molecule is COc1ccccc1CNC(=O)NCCc1cccc(Cl)c1. The number of carbonyl (C=O) groups excluding carboxylic acids is 1. The molecule has 5 heteroatoms. The second-order valence-corrected chi connectivity index (χ2v) is 5.24. The lowest BCUT2D eigenvalue weighted by molar-refractivity contribution is 0.240. The van der Waals surface area contributed by atoms with Gasteiger partial charge in [-0.15, -0.1) is 0 Å². The Balaban J connectivity index is 1.74. The number of rotatable bonds is 6. The van der Waals surface area contributed by atoms with Crippen LogP contribution in [0.4, 0.5) is 4.79 Å². The van der Waals surface area contributed by atoms with Crippen LogP contribution in [-0.2, 0) is 13.0 Å². The summed E-state index contributed by atoms with van der Waals surface area (Å²) in [6.45, 7) is 0.977. The Morgan fingerprint density at radius 2 is 1.95 bits per heavy atom. The summed E-state index contributed by atoms with van der Waals surface area (Å²) in [5.74, 6) is 0.765. The van der Waals surface area contributed by atoms with E-state index in [-0.39, 0.29) is 6.03 Å². The highest BCUT2D eigenvalue weighted by Gasteiger charge is 2.04. The number of methoxy groups -OCH3 is 1. The van der Waals surface area contributed by atoms with Crippen LogP contribution in [0, 0.1) is 0 Å². The predicted molar refractivity (Wildman–Crippen MR) is 88.4 cm³/mol. The summed E-state index contributed by atoms with van der Waals surface area (Å²) in [5.41, 5.74) is 2.03. The maximum absolute atomic E-state index is 11.8. The minimum atomic E-state index is -0.201. The molecule has 116 valence electrons. The lowest BCUT2D eigenvalue weighted by Crippen LogP contribution is -2.36. The monoisotopic (exact) mass is 318 g/mol. The molecule has 2 aromatic rings. The van der Waals surface area contributed by atoms with Crippen LogP contribution < -0.4 is 15.4 Å². The lowest BCUT2D eigenvalue weighted by atomic mass is 10.1. The number of carbonyl (C=O) groups is 1. The van der Waals surface area contributed by atoms with Gasteiger partial charge in [0.25, 0.3) is 0 Å². The van der Waals surface area contributed by atoms with Crippen LogP contribution in [0.1, 0.15) is 11.1 Å². The number of urea groups is 1. The van der Waals surface area contributed by atoms with Crippen molar-refractivity contribution >= 4 is 17.6 Å². The molecular weight excluding hydrogens is 300 g/mol. The van der Waals surface area contributed by atoms with Crippen molar-refractivity contribution in [1.29, 1.82) is 0 Å². The van der Waals surface area contributed by atoms with Crippen LogP contribution in [-0.4, -0.2) is 19.7 Å². The van der Waals surface area contributed by atoms with Gasteiger partial charge in [0.05, 0.1) is 7.11 Å². The summed E-state index contributed by atoms with van der Waals surface area (Å²) < 4.78 is 5.24. The summed E-state index contributed by atoms with van der Waals surface area (Å²) in [5, 5.41) is 6.35. The van der Waals surface area contributed by atoms with Crippen molar-refractivity contribution in [3.8, 4) is 5.75 Å². The van der Waals surface area contributed by atoms with E-state index < -0.39 is 0 Å². The Morgan fingerprint density at radius 3 is 2.73 bits per heavy atom. The molecule has 0 aliphatic rings. The molecule has 0 radical (unpaired) electrons. The van der Waals surface area contributed by atoms with Gasteiger partial charge in [0.1, 0.15) is 5.75 Å². The number of hydrogen-bond donors (Lipinski definition) is 2. The van der Waals surface area contributed by atoms with E-state index >= 15 is 0 Å². The van der Waals surface area contributed by atoms with Crippen molar-refractivity contribution < 1.29 is 9.53 Å². The van der Waals surface area contributed by atoms with E-state index in [9.17, 15) is 4.79 Å². The lowest BCUT2D eigenvalue weighted by Gasteiger charge is -2.10. The summed E-state index contributed by atoms with van der Waals surface area (Å²) in [6.07, 6.45) is 0.739. The van der Waals surface area contributed by atoms with Gasteiger partial charge < -0.3 is 15.4 Å². The van der Waals surface area contributed by atoms with E-state index in [0.717, 1.165) is 23.3 Å². The average Bonchev–Trinajstić information content (AvgIpc) is 2.53. The van der Waals surface area contributed by atoms with Gasteiger partial charge in [-0.3, -0.25) is 0 Å². The molecule has 0 atom stereocenters. The third-order valence-corrected chi connectivity index (χ3v) is 3.46. The van der Waals surface area contributed by atoms with Gasteiger partial charge in [0.15, 0.2) is 0 Å². The first-order valence-electron chi connectivity index (χ1n) is 7.07. The average molecular weight is 319 g/mol. The topological polar surface area (TPSA) is 50.4 Å². The molecule has 0 spiro atoms. The molecule has 4 nitrogen and oxygen atoms in total. The third-order valence-electron chi connectivity index (χ3n) is 3.22. The smallest absolute Gasteiger partial charge is 0.315 e. The van der Waals surface area contributed by atoms with Crippen LogP contribution in [0.2, 0.25) is 5.02 Å². The number of hydrogen-bond acceptors (Lipinski definition) is 2. The zero-order chi connectivity index (χ0) is 15.8. The van der Waals surface area contributed by atoms with Gasteiger partial charge in [0.2, 0.25) is 0 Å². The van der Waals surface area contributed by atoms with E-state index in [1.165, 1.54) is 0 Å². The largest absolute Gasteiger partial charge is 0.496 e. The molecule has 0 saturated heterocycles. The van der Waals surface area contributed by atoms with Crippen LogP contribution >= 0.6 is 11.6 Å². The van der Waals surface area contributed by atoms with Gasteiger partial charge in [-0.25, -0.2) is 4.79 Å². The normalized spacial score (nSPS) is 10.1. The van der Waals surface area contributed by atoms with Gasteiger partial charge in [0, 0.05) is 23.7 Å². The molecule has 22 heavy (non-hydrogen) atoms. The minimum Gasteiger partial charge on any atom is -0.496 e. The number of ether oxygens (including phenoxy) is 1. The second-order valence-electron chi connectivity index (χ2n) is 4.80. The van der Waals surface area contributed by atoms with E-state index in [4.69, 9.17) is 16.3 Å². The summed E-state index contributed by atoms with van der Waals surface area (Å²) in [6, 6.07) is 15.0. The fraction of sp³-hybridized carbons (Fsp3) is 0.235. The van der Waals surface area contributed by atoms with Crippen LogP contribution in [0.15, 0.2) is 48.5 Å². The van der Waals surface area contributed by atoms with Crippen LogP contribution in [0.25, 0.3) is 0 Å². The molecule has 2 amide bonds. The van der Waals surface area contributed by atoms with E-state index in [2.05, 4.69) is 10.6 Å². The second kappa shape index (κ2) is 8.29. The molecular formula is C17H19ClN2O2. The molecule has 0 aromatic heterocycles. The highest BCUT2D eigenvalue weighted by Crippen LogP contribution is 2.16. The Labute approximate surface area is 135 Å². The van der Waals surface area contributed by atoms with E-state index in [0.29, 0.717) is 18.1 Å². The first kappa shape index (κ1) is 16.2. The fourth-order valence-corrected chi connectivity index (χ4v) is 2.31. The van der Waals surface area contributed by atoms with Crippen molar-refractivity contribution in [3.63, 3.8) is 0 Å². The van der Waals surface area contributed by atoms with Gasteiger partial charge in [-0.2, -0.15) is 0 Å². The molecule has 2 rings (SSSR count). The number of benzene rings is 2. The Morgan fingerprint density at radius 1 is 1.14 bits per heavy atom. The highest BCUT2D eigenvalue weighted by atomic mass is 35.5. The quantitative estimate of drug-likeness (QED) is 0.857. The van der Waals surface area contributed by atoms with Crippen LogP contribution in [0.3, 0.4) is 0 Å². The first-order chi connectivity index (χ1) is 10.7. The molecule has 2 N–H and O–H groups in total. The molecule has 0 bridgehead atoms. The molecule has 0 heterocycles. The zero-order valence-corrected chi connectivity index (χ0v) is 13.2. The maximum atomic E-state index is 11.8. The third kappa shape index (κ3) is 4.97. The predicted octanol–water partition coefficient (Wildman–Crippen LogP) is 3.39. The summed E-state index contributed by atoms with van der Waals surface area (Å²) >= 11 is 5.92. The summed E-state index contributed by atoms with van der Waals surface area (Å²) in [7, 11) is 1.61. The fourth-order valence-electron chi connectivity index (χ4n) is 2.10. The molecule has 2 aromatic carbocycles. The number of nitrogens with one attached hydrogen (secondary N) is 2. The standard InChI is InChI=1S/C17H19ClN2O2/c1-22-16-8-3-2-6-14(16)12-20-17(21)19-10-9-13-5-4-7-15(18)11-13/h2-8,11H,9-10,12H2,1H3,(H2,19,20,21). The summed E-state index contributed by atoms with van der Waals surface area (Å²) in [4.78, 5) is 11.8. The molecule has 0 saturated carbocycles. The Bertz CT molecular complexity index is 632. The van der Waals surface area contributed by atoms with Gasteiger partial charge in [-0.05, 0) is 30.2 Å². The van der Waals surface area contributed by atoms with E-state index in [1.807, 2.05) is 48.5 Å². The van der Waals surface area contributed by atoms with Gasteiger partial charge in [-0.1, -0.05) is 41.9 Å². The van der Waals surface area contributed by atoms with Crippen molar-refractivity contribution in [3.05, 3.63) is 64.7 Å². The van der Waals surface area contributed by atoms with Crippen LogP contribution in [0.5, 0.6) is 5.75 Å². The van der Waals surface area contributed by atoms with Crippen molar-refractivity contribution in [2.45, 2.75) is 13.0 Å². The van der Waals surface area contributed by atoms with E-state index in [1.54, 1.807) is 7.11 Å². The van der Waals surface area contributed by atoms with Gasteiger partial charge >= 0.3 is 6.03 Å². The Kier molecular flexibility index (Phi) is 6.10. The highest BCUT2D eigenvalue weighted by molar-refractivity contribution is 6.30. The Hall–Kier alpha value is -2.20. The molecule has 0 aliphatic heterocycles.